The maximum absolute atomic E-state index is 16.7. The molecule has 3 aromatic carbocycles. The third-order valence-corrected chi connectivity index (χ3v) is 9.22. The van der Waals surface area contributed by atoms with E-state index in [2.05, 4.69) is 34.5 Å². The molecule has 0 saturated carbocycles. The van der Waals surface area contributed by atoms with Gasteiger partial charge in [-0.25, -0.2) is 9.37 Å². The molecule has 208 valence electrons. The van der Waals surface area contributed by atoms with Crippen molar-refractivity contribution in [2.45, 2.75) is 56.3 Å². The van der Waals surface area contributed by atoms with Crippen LogP contribution in [0, 0.1) is 5.82 Å². The van der Waals surface area contributed by atoms with Crippen LogP contribution < -0.4 is 15.5 Å². The molecule has 3 aliphatic rings. The van der Waals surface area contributed by atoms with Gasteiger partial charge in [-0.2, -0.15) is 4.98 Å². The summed E-state index contributed by atoms with van der Waals surface area (Å²) in [5.74, 6) is 0.708. The third-order valence-electron chi connectivity index (χ3n) is 8.92. The largest absolute Gasteiger partial charge is 0.508 e. The minimum atomic E-state index is -0.503. The highest BCUT2D eigenvalue weighted by atomic mass is 35.5. The number of phenolic OH excluding ortho intramolecular Hbond substituents is 1. The molecule has 7 nitrogen and oxygen atoms in total. The summed E-state index contributed by atoms with van der Waals surface area (Å²) in [4.78, 5) is 14.0. The Bertz CT molecular complexity index is 1590. The molecule has 3 atom stereocenters. The van der Waals surface area contributed by atoms with Crippen LogP contribution in [-0.2, 0) is 0 Å². The van der Waals surface area contributed by atoms with Crippen molar-refractivity contribution < 1.29 is 9.50 Å². The molecule has 0 amide bonds. The summed E-state index contributed by atoms with van der Waals surface area (Å²) in [6.45, 7) is 1.57. The zero-order valence-electron chi connectivity index (χ0n) is 22.8. The van der Waals surface area contributed by atoms with E-state index in [1.807, 2.05) is 24.3 Å². The van der Waals surface area contributed by atoms with Crippen LogP contribution >= 0.6 is 11.6 Å². The standard InChI is InChI=1S/C31H34ClFN6O/c1-38(2)21-15-39(16-21)31-36-29-25(30(37-31)35-20-11-18-7-5-8-19(12-20)34-18)14-26(32)27(28(29)33)24-13-22(40)10-17-6-3-4-9-23(17)24/h3-4,6,9-10,13-14,18-21,34,40H,5,7-8,11-12,15-16H2,1-2H3,(H,35,36,37)/t18-,19?,20-/m0/s1. The summed E-state index contributed by atoms with van der Waals surface area (Å²) in [7, 11) is 4.13. The van der Waals surface area contributed by atoms with E-state index in [1.165, 1.54) is 19.3 Å². The van der Waals surface area contributed by atoms with Crippen molar-refractivity contribution in [3.63, 3.8) is 0 Å². The first-order chi connectivity index (χ1) is 19.3. The van der Waals surface area contributed by atoms with Crippen LogP contribution in [0.3, 0.4) is 0 Å². The summed E-state index contributed by atoms with van der Waals surface area (Å²) in [6, 6.07) is 14.3. The van der Waals surface area contributed by atoms with Crippen LogP contribution in [0.1, 0.15) is 32.1 Å². The second kappa shape index (κ2) is 10.0. The highest BCUT2D eigenvalue weighted by Gasteiger charge is 2.34. The number of likely N-dealkylation sites (N-methyl/N-ethyl adjacent to an activating group) is 1. The van der Waals surface area contributed by atoms with Crippen molar-refractivity contribution in [1.82, 2.24) is 20.2 Å². The monoisotopic (exact) mass is 560 g/mol. The van der Waals surface area contributed by atoms with Gasteiger partial charge in [0.2, 0.25) is 5.95 Å². The van der Waals surface area contributed by atoms with Crippen molar-refractivity contribution >= 4 is 45.0 Å². The van der Waals surface area contributed by atoms with E-state index in [0.717, 1.165) is 36.7 Å². The summed E-state index contributed by atoms with van der Waals surface area (Å²) in [5.41, 5.74) is 1.02. The number of benzene rings is 3. The van der Waals surface area contributed by atoms with Crippen molar-refractivity contribution in [3.05, 3.63) is 53.3 Å². The average Bonchev–Trinajstić information content (AvgIpc) is 2.88. The summed E-state index contributed by atoms with van der Waals surface area (Å²) >= 11 is 6.85. The molecular weight excluding hydrogens is 527 g/mol. The van der Waals surface area contributed by atoms with Crippen LogP contribution in [0.5, 0.6) is 5.75 Å². The van der Waals surface area contributed by atoms with Crippen LogP contribution in [0.4, 0.5) is 16.2 Å². The molecule has 2 bridgehead atoms. The lowest BCUT2D eigenvalue weighted by atomic mass is 9.84. The van der Waals surface area contributed by atoms with Gasteiger partial charge in [0.25, 0.3) is 0 Å². The highest BCUT2D eigenvalue weighted by molar-refractivity contribution is 6.35. The number of hydrogen-bond acceptors (Lipinski definition) is 7. The van der Waals surface area contributed by atoms with E-state index in [9.17, 15) is 5.11 Å². The van der Waals surface area contributed by atoms with Gasteiger partial charge in [-0.1, -0.05) is 42.3 Å². The van der Waals surface area contributed by atoms with Crippen molar-refractivity contribution in [1.29, 1.82) is 0 Å². The van der Waals surface area contributed by atoms with Gasteiger partial charge in [-0.15, -0.1) is 0 Å². The first kappa shape index (κ1) is 25.7. The smallest absolute Gasteiger partial charge is 0.228 e. The Hall–Kier alpha value is -3.20. The number of hydrogen-bond donors (Lipinski definition) is 3. The molecule has 3 N–H and O–H groups in total. The first-order valence-corrected chi connectivity index (χ1v) is 14.6. The molecule has 0 radical (unpaired) electrons. The SMILES string of the molecule is CN(C)C1CN(c2nc(N[C@@H]3CC4CCC[C@@H](C3)N4)c3cc(Cl)c(-c4cc(O)cc5ccccc45)c(F)c3n2)C1. The molecule has 3 aliphatic heterocycles. The molecule has 7 rings (SSSR count). The molecule has 4 heterocycles. The second-order valence-electron chi connectivity index (χ2n) is 11.9. The Morgan fingerprint density at radius 1 is 1.05 bits per heavy atom. The lowest BCUT2D eigenvalue weighted by Gasteiger charge is -2.43. The Kier molecular flexibility index (Phi) is 6.45. The number of phenols is 1. The molecular formula is C31H34ClFN6O. The van der Waals surface area contributed by atoms with Gasteiger partial charge < -0.3 is 25.5 Å². The number of nitrogens with one attached hydrogen (secondary N) is 2. The molecule has 3 fully saturated rings. The predicted octanol–water partition coefficient (Wildman–Crippen LogP) is 5.78. The second-order valence-corrected chi connectivity index (χ2v) is 12.3. The van der Waals surface area contributed by atoms with E-state index in [0.29, 0.717) is 40.8 Å². The summed E-state index contributed by atoms with van der Waals surface area (Å²) in [5, 5.41) is 20.4. The third kappa shape index (κ3) is 4.52. The van der Waals surface area contributed by atoms with Gasteiger partial charge in [0.15, 0.2) is 5.82 Å². The predicted molar refractivity (Wildman–Crippen MR) is 160 cm³/mol. The lowest BCUT2D eigenvalue weighted by Crippen LogP contribution is -2.58. The normalized spacial score (nSPS) is 23.1. The lowest BCUT2D eigenvalue weighted by molar-refractivity contribution is 0.230. The molecule has 1 unspecified atom stereocenters. The molecule has 40 heavy (non-hydrogen) atoms. The summed E-state index contributed by atoms with van der Waals surface area (Å²) < 4.78 is 16.7. The Morgan fingerprint density at radius 2 is 1.80 bits per heavy atom. The number of rotatable bonds is 5. The number of nitrogens with zero attached hydrogens (tertiary/aromatic N) is 4. The molecule has 9 heteroatoms. The van der Waals surface area contributed by atoms with E-state index in [-0.39, 0.29) is 27.9 Å². The maximum Gasteiger partial charge on any atom is 0.228 e. The van der Waals surface area contributed by atoms with Gasteiger partial charge in [-0.3, -0.25) is 0 Å². The van der Waals surface area contributed by atoms with Gasteiger partial charge in [0, 0.05) is 48.2 Å². The van der Waals surface area contributed by atoms with Crippen molar-refractivity contribution in [3.8, 4) is 16.9 Å². The summed E-state index contributed by atoms with van der Waals surface area (Å²) in [6.07, 6.45) is 5.66. The fourth-order valence-corrected chi connectivity index (χ4v) is 7.00. The minimum absolute atomic E-state index is 0.0572. The number of anilines is 2. The minimum Gasteiger partial charge on any atom is -0.508 e. The first-order valence-electron chi connectivity index (χ1n) is 14.2. The highest BCUT2D eigenvalue weighted by Crippen LogP contribution is 2.42. The van der Waals surface area contributed by atoms with E-state index in [1.54, 1.807) is 18.2 Å². The average molecular weight is 561 g/mol. The Morgan fingerprint density at radius 3 is 2.55 bits per heavy atom. The molecule has 4 aromatic rings. The number of piperidine rings is 2. The number of halogens is 2. The Balaban J connectivity index is 1.36. The van der Waals surface area contributed by atoms with E-state index < -0.39 is 5.82 Å². The van der Waals surface area contributed by atoms with Crippen molar-refractivity contribution in [2.24, 2.45) is 0 Å². The van der Waals surface area contributed by atoms with Gasteiger partial charge in [0.1, 0.15) is 17.1 Å². The quantitative estimate of drug-likeness (QED) is 0.285. The zero-order chi connectivity index (χ0) is 27.5. The van der Waals surface area contributed by atoms with E-state index in [4.69, 9.17) is 21.6 Å². The molecule has 0 aliphatic carbocycles. The van der Waals surface area contributed by atoms with Gasteiger partial charge in [-0.05, 0) is 74.3 Å². The Labute approximate surface area is 238 Å². The topological polar surface area (TPSA) is 76.5 Å². The van der Waals surface area contributed by atoms with Crippen LogP contribution in [0.15, 0.2) is 42.5 Å². The van der Waals surface area contributed by atoms with Crippen LogP contribution in [0.2, 0.25) is 5.02 Å². The van der Waals surface area contributed by atoms with E-state index >= 15 is 4.39 Å². The molecule has 0 spiro atoms. The number of fused-ring (bicyclic) bond motifs is 4. The molecule has 3 saturated heterocycles. The zero-order valence-corrected chi connectivity index (χ0v) is 23.5. The van der Waals surface area contributed by atoms with Crippen molar-refractivity contribution in [2.75, 3.05) is 37.4 Å². The van der Waals surface area contributed by atoms with Gasteiger partial charge >= 0.3 is 0 Å². The number of aromatic nitrogens is 2. The fraction of sp³-hybridized carbons (Fsp3) is 0.419. The number of aromatic hydroxyl groups is 1. The van der Waals surface area contributed by atoms with Gasteiger partial charge in [0.05, 0.1) is 5.02 Å². The maximum atomic E-state index is 16.7. The van der Waals surface area contributed by atoms with Crippen LogP contribution in [-0.4, -0.2) is 71.3 Å². The van der Waals surface area contributed by atoms with Crippen LogP contribution in [0.25, 0.3) is 32.8 Å². The molecule has 1 aromatic heterocycles. The fourth-order valence-electron chi connectivity index (χ4n) is 6.71.